The zero-order valence-electron chi connectivity index (χ0n) is 10.1. The molecule has 2 fully saturated rings. The smallest absolute Gasteiger partial charge is 0.237 e. The molecule has 3 N–H and O–H groups in total. The van der Waals surface area contributed by atoms with E-state index in [1.165, 1.54) is 12.8 Å². The summed E-state index contributed by atoms with van der Waals surface area (Å²) in [5.74, 6) is 0.0280. The van der Waals surface area contributed by atoms with Gasteiger partial charge in [-0.3, -0.25) is 14.9 Å². The van der Waals surface area contributed by atoms with E-state index in [0.29, 0.717) is 6.04 Å². The third kappa shape index (κ3) is 3.70. The molecule has 1 saturated carbocycles. The molecule has 0 spiro atoms. The molecule has 2 amide bonds. The summed E-state index contributed by atoms with van der Waals surface area (Å²) in [7, 11) is 0. The van der Waals surface area contributed by atoms with Crippen LogP contribution in [-0.4, -0.2) is 37.0 Å². The fraction of sp³-hybridized carbons (Fsp3) is 0.833. The molecule has 1 heterocycles. The number of amides is 2. The molecule has 0 radical (unpaired) electrons. The maximum Gasteiger partial charge on any atom is 0.237 e. The first-order chi connectivity index (χ1) is 8.25. The second-order valence-corrected chi connectivity index (χ2v) is 4.92. The van der Waals surface area contributed by atoms with Crippen LogP contribution in [0.4, 0.5) is 0 Å². The molecule has 2 aliphatic rings. The Morgan fingerprint density at radius 1 is 1.24 bits per heavy atom. The quantitative estimate of drug-likeness (QED) is 0.642. The second kappa shape index (κ2) is 6.00. The molecule has 1 saturated heterocycles. The van der Waals surface area contributed by atoms with E-state index in [1.807, 2.05) is 0 Å². The maximum atomic E-state index is 11.6. The predicted octanol–water partition coefficient (Wildman–Crippen LogP) is -0.0866. The number of nitrogens with one attached hydrogen (secondary N) is 3. The summed E-state index contributed by atoms with van der Waals surface area (Å²) in [6.45, 7) is 1.000. The van der Waals surface area contributed by atoms with E-state index < -0.39 is 0 Å². The van der Waals surface area contributed by atoms with Crippen LogP contribution in [0.3, 0.4) is 0 Å². The van der Waals surface area contributed by atoms with E-state index >= 15 is 0 Å². The van der Waals surface area contributed by atoms with Crippen molar-refractivity contribution in [2.24, 2.45) is 0 Å². The van der Waals surface area contributed by atoms with Crippen molar-refractivity contribution >= 4 is 11.8 Å². The Labute approximate surface area is 102 Å². The molecule has 5 heteroatoms. The van der Waals surface area contributed by atoms with Crippen molar-refractivity contribution in [3.8, 4) is 0 Å². The number of rotatable bonds is 4. The Morgan fingerprint density at radius 2 is 2.00 bits per heavy atom. The third-order valence-electron chi connectivity index (χ3n) is 3.51. The Hall–Kier alpha value is -1.10. The van der Waals surface area contributed by atoms with E-state index in [-0.39, 0.29) is 24.4 Å². The molecule has 0 aromatic heterocycles. The van der Waals surface area contributed by atoms with E-state index in [1.54, 1.807) is 0 Å². The van der Waals surface area contributed by atoms with Crippen molar-refractivity contribution in [2.45, 2.75) is 50.6 Å². The van der Waals surface area contributed by atoms with Crippen molar-refractivity contribution in [1.29, 1.82) is 0 Å². The predicted molar refractivity (Wildman–Crippen MR) is 64.4 cm³/mol. The lowest BCUT2D eigenvalue weighted by molar-refractivity contribution is -0.125. The lowest BCUT2D eigenvalue weighted by Gasteiger charge is -2.23. The van der Waals surface area contributed by atoms with Crippen molar-refractivity contribution < 1.29 is 9.59 Å². The number of piperidine rings is 1. The zero-order chi connectivity index (χ0) is 12.1. The molecule has 0 aromatic carbocycles. The molecule has 17 heavy (non-hydrogen) atoms. The average molecular weight is 239 g/mol. The summed E-state index contributed by atoms with van der Waals surface area (Å²) in [6.07, 6.45) is 6.41. The van der Waals surface area contributed by atoms with Gasteiger partial charge in [-0.2, -0.15) is 0 Å². The Balaban J connectivity index is 1.66. The molecule has 0 aromatic rings. The SMILES string of the molecule is O=C(CNC1CCCNC1=O)NC1CCCC1. The van der Waals surface area contributed by atoms with Gasteiger partial charge in [0.2, 0.25) is 11.8 Å². The highest BCUT2D eigenvalue weighted by Crippen LogP contribution is 2.17. The van der Waals surface area contributed by atoms with Gasteiger partial charge in [0.15, 0.2) is 0 Å². The first-order valence-corrected chi connectivity index (χ1v) is 6.56. The molecule has 2 rings (SSSR count). The van der Waals surface area contributed by atoms with E-state index in [4.69, 9.17) is 0 Å². The number of carbonyl (C=O) groups excluding carboxylic acids is 2. The average Bonchev–Trinajstić information content (AvgIpc) is 2.81. The first kappa shape index (κ1) is 12.4. The second-order valence-electron chi connectivity index (χ2n) is 4.92. The van der Waals surface area contributed by atoms with E-state index in [2.05, 4.69) is 16.0 Å². The molecule has 5 nitrogen and oxygen atoms in total. The molecular weight excluding hydrogens is 218 g/mol. The monoisotopic (exact) mass is 239 g/mol. The number of hydrogen-bond donors (Lipinski definition) is 3. The molecule has 1 unspecified atom stereocenters. The molecule has 0 bridgehead atoms. The van der Waals surface area contributed by atoms with Crippen LogP contribution in [0, 0.1) is 0 Å². The standard InChI is InChI=1S/C12H21N3O2/c16-11(15-9-4-1-2-5-9)8-14-10-6-3-7-13-12(10)17/h9-10,14H,1-8H2,(H,13,17)(H,15,16). The van der Waals surface area contributed by atoms with Gasteiger partial charge in [-0.15, -0.1) is 0 Å². The highest BCUT2D eigenvalue weighted by molar-refractivity contribution is 5.84. The Morgan fingerprint density at radius 3 is 2.71 bits per heavy atom. The lowest BCUT2D eigenvalue weighted by atomic mass is 10.1. The topological polar surface area (TPSA) is 70.2 Å². The minimum absolute atomic E-state index is 0.00951. The van der Waals surface area contributed by atoms with Gasteiger partial charge >= 0.3 is 0 Å². The van der Waals surface area contributed by atoms with Crippen molar-refractivity contribution in [1.82, 2.24) is 16.0 Å². The lowest BCUT2D eigenvalue weighted by Crippen LogP contribution is -2.51. The Kier molecular flexibility index (Phi) is 4.36. The summed E-state index contributed by atoms with van der Waals surface area (Å²) in [6, 6.07) is 0.155. The van der Waals surface area contributed by atoms with Gasteiger partial charge in [-0.05, 0) is 25.7 Å². The largest absolute Gasteiger partial charge is 0.355 e. The number of hydrogen-bond acceptors (Lipinski definition) is 3. The molecular formula is C12H21N3O2. The maximum absolute atomic E-state index is 11.6. The van der Waals surface area contributed by atoms with Gasteiger partial charge in [-0.25, -0.2) is 0 Å². The summed E-state index contributed by atoms with van der Waals surface area (Å²) in [4.78, 5) is 23.1. The van der Waals surface area contributed by atoms with Crippen LogP contribution in [0.2, 0.25) is 0 Å². The van der Waals surface area contributed by atoms with Crippen LogP contribution in [0.25, 0.3) is 0 Å². The molecule has 96 valence electrons. The zero-order valence-corrected chi connectivity index (χ0v) is 10.1. The van der Waals surface area contributed by atoms with Gasteiger partial charge in [0.05, 0.1) is 12.6 Å². The molecule has 1 aliphatic heterocycles. The summed E-state index contributed by atoms with van der Waals surface area (Å²) >= 11 is 0. The molecule has 1 aliphatic carbocycles. The highest BCUT2D eigenvalue weighted by atomic mass is 16.2. The van der Waals surface area contributed by atoms with Crippen LogP contribution >= 0.6 is 0 Å². The third-order valence-corrected chi connectivity index (χ3v) is 3.51. The van der Waals surface area contributed by atoms with Crippen LogP contribution in [0.15, 0.2) is 0 Å². The fourth-order valence-corrected chi connectivity index (χ4v) is 2.53. The van der Waals surface area contributed by atoms with Crippen molar-refractivity contribution in [3.63, 3.8) is 0 Å². The van der Waals surface area contributed by atoms with Crippen molar-refractivity contribution in [3.05, 3.63) is 0 Å². The van der Waals surface area contributed by atoms with Gasteiger partial charge in [0.25, 0.3) is 0 Å². The van der Waals surface area contributed by atoms with E-state index in [0.717, 1.165) is 32.2 Å². The summed E-state index contributed by atoms with van der Waals surface area (Å²) in [5.41, 5.74) is 0. The minimum Gasteiger partial charge on any atom is -0.355 e. The first-order valence-electron chi connectivity index (χ1n) is 6.56. The van der Waals surface area contributed by atoms with Crippen molar-refractivity contribution in [2.75, 3.05) is 13.1 Å². The van der Waals surface area contributed by atoms with Crippen LogP contribution in [0.1, 0.15) is 38.5 Å². The van der Waals surface area contributed by atoms with Gasteiger partial charge < -0.3 is 10.6 Å². The molecule has 1 atom stereocenters. The minimum atomic E-state index is -0.196. The van der Waals surface area contributed by atoms with E-state index in [9.17, 15) is 9.59 Å². The van der Waals surface area contributed by atoms with Crippen LogP contribution < -0.4 is 16.0 Å². The number of carbonyl (C=O) groups is 2. The highest BCUT2D eigenvalue weighted by Gasteiger charge is 2.22. The summed E-state index contributed by atoms with van der Waals surface area (Å²) in [5, 5.41) is 8.82. The Bertz CT molecular complexity index is 287. The summed E-state index contributed by atoms with van der Waals surface area (Å²) < 4.78 is 0. The van der Waals surface area contributed by atoms with Crippen LogP contribution in [-0.2, 0) is 9.59 Å². The van der Waals surface area contributed by atoms with Gasteiger partial charge in [0.1, 0.15) is 0 Å². The van der Waals surface area contributed by atoms with Crippen LogP contribution in [0.5, 0.6) is 0 Å². The van der Waals surface area contributed by atoms with Gasteiger partial charge in [-0.1, -0.05) is 12.8 Å². The fourth-order valence-electron chi connectivity index (χ4n) is 2.53. The normalized spacial score (nSPS) is 25.6. The van der Waals surface area contributed by atoms with Gasteiger partial charge in [0, 0.05) is 12.6 Å².